The van der Waals surface area contributed by atoms with Gasteiger partial charge in [-0.25, -0.2) is 9.98 Å². The minimum Gasteiger partial charge on any atom is -0.495 e. The third-order valence-electron chi connectivity index (χ3n) is 2.76. The summed E-state index contributed by atoms with van der Waals surface area (Å²) in [7, 11) is 1.62. The number of hydrogen-bond donors (Lipinski definition) is 2. The molecule has 0 aliphatic carbocycles. The molecular formula is C14H19IN4OS. The van der Waals surface area contributed by atoms with Crippen molar-refractivity contribution in [1.82, 2.24) is 4.98 Å². The molecule has 21 heavy (non-hydrogen) atoms. The molecule has 0 aliphatic rings. The molecule has 0 spiro atoms. The zero-order chi connectivity index (χ0) is 14.5. The van der Waals surface area contributed by atoms with Gasteiger partial charge in [0.15, 0.2) is 5.96 Å². The van der Waals surface area contributed by atoms with Crippen LogP contribution in [0, 0.1) is 13.8 Å². The van der Waals surface area contributed by atoms with E-state index in [9.17, 15) is 0 Å². The molecular weight excluding hydrogens is 399 g/mol. The van der Waals surface area contributed by atoms with Crippen LogP contribution in [0.4, 0.5) is 5.69 Å². The van der Waals surface area contributed by atoms with Gasteiger partial charge in [-0.1, -0.05) is 12.1 Å². The zero-order valence-corrected chi connectivity index (χ0v) is 15.4. The van der Waals surface area contributed by atoms with E-state index in [1.807, 2.05) is 38.1 Å². The summed E-state index contributed by atoms with van der Waals surface area (Å²) in [5, 5.41) is 4.09. The molecule has 0 saturated heterocycles. The van der Waals surface area contributed by atoms with Gasteiger partial charge < -0.3 is 15.8 Å². The quantitative estimate of drug-likeness (QED) is 0.454. The molecule has 2 aromatic rings. The SMILES string of the molecule is COc1ccccc1NC(N)=NCc1sc(C)nc1C.I. The maximum absolute atomic E-state index is 5.90. The summed E-state index contributed by atoms with van der Waals surface area (Å²) in [6.07, 6.45) is 0. The second-order valence-corrected chi connectivity index (χ2v) is 5.56. The van der Waals surface area contributed by atoms with Gasteiger partial charge in [0.25, 0.3) is 0 Å². The number of nitrogens with one attached hydrogen (secondary N) is 1. The Morgan fingerprint density at radius 1 is 1.38 bits per heavy atom. The molecule has 0 radical (unpaired) electrons. The Balaban J connectivity index is 0.00000220. The van der Waals surface area contributed by atoms with Gasteiger partial charge in [0.05, 0.1) is 30.0 Å². The zero-order valence-electron chi connectivity index (χ0n) is 12.2. The van der Waals surface area contributed by atoms with E-state index < -0.39 is 0 Å². The molecule has 0 aliphatic heterocycles. The topological polar surface area (TPSA) is 72.5 Å². The maximum Gasteiger partial charge on any atom is 0.193 e. The molecule has 5 nitrogen and oxygen atoms in total. The van der Waals surface area contributed by atoms with Gasteiger partial charge in [0.2, 0.25) is 0 Å². The first-order valence-electron chi connectivity index (χ1n) is 6.23. The highest BCUT2D eigenvalue weighted by molar-refractivity contribution is 14.0. The van der Waals surface area contributed by atoms with Crippen LogP contribution in [-0.2, 0) is 6.54 Å². The number of nitrogens with two attached hydrogens (primary N) is 1. The second kappa shape index (κ2) is 8.18. The number of guanidine groups is 1. The van der Waals surface area contributed by atoms with Crippen molar-refractivity contribution in [3.8, 4) is 5.75 Å². The summed E-state index contributed by atoms with van der Waals surface area (Å²) in [6, 6.07) is 7.57. The van der Waals surface area contributed by atoms with E-state index in [1.165, 1.54) is 0 Å². The first-order valence-corrected chi connectivity index (χ1v) is 7.04. The van der Waals surface area contributed by atoms with Crippen LogP contribution >= 0.6 is 35.3 Å². The van der Waals surface area contributed by atoms with E-state index in [-0.39, 0.29) is 24.0 Å². The summed E-state index contributed by atoms with van der Waals surface area (Å²) >= 11 is 1.64. The predicted octanol–water partition coefficient (Wildman–Crippen LogP) is 3.31. The standard InChI is InChI=1S/C14H18N4OS.HI/c1-9-13(20-10(2)17-9)8-16-14(15)18-11-6-4-5-7-12(11)19-3;/h4-7H,8H2,1-3H3,(H3,15,16,18);1H. The summed E-state index contributed by atoms with van der Waals surface area (Å²) in [5.74, 6) is 1.09. The van der Waals surface area contributed by atoms with E-state index in [4.69, 9.17) is 10.5 Å². The Morgan fingerprint density at radius 3 is 2.71 bits per heavy atom. The van der Waals surface area contributed by atoms with Crippen LogP contribution in [0.3, 0.4) is 0 Å². The molecule has 7 heteroatoms. The van der Waals surface area contributed by atoms with Gasteiger partial charge in [-0.3, -0.25) is 0 Å². The third-order valence-corrected chi connectivity index (χ3v) is 3.82. The Morgan fingerprint density at radius 2 is 2.10 bits per heavy atom. The smallest absolute Gasteiger partial charge is 0.193 e. The highest BCUT2D eigenvalue weighted by atomic mass is 127. The number of hydrogen-bond acceptors (Lipinski definition) is 4. The second-order valence-electron chi connectivity index (χ2n) is 4.27. The average molecular weight is 418 g/mol. The highest BCUT2D eigenvalue weighted by Gasteiger charge is 2.05. The van der Waals surface area contributed by atoms with Crippen molar-refractivity contribution in [3.63, 3.8) is 0 Å². The number of benzene rings is 1. The monoisotopic (exact) mass is 418 g/mol. The Bertz CT molecular complexity index is 627. The number of para-hydroxylation sites is 2. The van der Waals surface area contributed by atoms with Crippen molar-refractivity contribution in [2.75, 3.05) is 12.4 Å². The first kappa shape index (κ1) is 17.7. The van der Waals surface area contributed by atoms with Crippen LogP contribution in [-0.4, -0.2) is 18.1 Å². The fraction of sp³-hybridized carbons (Fsp3) is 0.286. The number of halogens is 1. The Kier molecular flexibility index (Phi) is 6.90. The summed E-state index contributed by atoms with van der Waals surface area (Å²) < 4.78 is 5.25. The fourth-order valence-electron chi connectivity index (χ4n) is 1.80. The van der Waals surface area contributed by atoms with Crippen molar-refractivity contribution in [1.29, 1.82) is 0 Å². The van der Waals surface area contributed by atoms with E-state index >= 15 is 0 Å². The number of aromatic nitrogens is 1. The van der Waals surface area contributed by atoms with Crippen molar-refractivity contribution in [2.45, 2.75) is 20.4 Å². The molecule has 3 N–H and O–H groups in total. The Hall–Kier alpha value is -1.35. The predicted molar refractivity (Wildman–Crippen MR) is 98.9 cm³/mol. The average Bonchev–Trinajstić information content (AvgIpc) is 2.75. The van der Waals surface area contributed by atoms with Crippen LogP contribution < -0.4 is 15.8 Å². The van der Waals surface area contributed by atoms with Gasteiger partial charge >= 0.3 is 0 Å². The lowest BCUT2D eigenvalue weighted by Gasteiger charge is -2.09. The number of methoxy groups -OCH3 is 1. The lowest BCUT2D eigenvalue weighted by Crippen LogP contribution is -2.22. The molecule has 1 aromatic carbocycles. The molecule has 114 valence electrons. The lowest BCUT2D eigenvalue weighted by atomic mass is 10.3. The highest BCUT2D eigenvalue weighted by Crippen LogP contribution is 2.23. The van der Waals surface area contributed by atoms with Crippen LogP contribution in [0.25, 0.3) is 0 Å². The number of ether oxygens (including phenoxy) is 1. The number of thiazole rings is 1. The van der Waals surface area contributed by atoms with Gasteiger partial charge in [-0.05, 0) is 26.0 Å². The van der Waals surface area contributed by atoms with Crippen LogP contribution in [0.1, 0.15) is 15.6 Å². The van der Waals surface area contributed by atoms with Crippen molar-refractivity contribution in [2.24, 2.45) is 10.7 Å². The van der Waals surface area contributed by atoms with E-state index in [0.717, 1.165) is 27.0 Å². The Labute approximate surface area is 145 Å². The van der Waals surface area contributed by atoms with Gasteiger partial charge in [-0.15, -0.1) is 35.3 Å². The summed E-state index contributed by atoms with van der Waals surface area (Å²) in [4.78, 5) is 9.84. The van der Waals surface area contributed by atoms with E-state index in [1.54, 1.807) is 18.4 Å². The summed E-state index contributed by atoms with van der Waals surface area (Å²) in [6.45, 7) is 4.50. The van der Waals surface area contributed by atoms with Crippen LogP contribution in [0.2, 0.25) is 0 Å². The molecule has 0 amide bonds. The molecule has 1 aromatic heterocycles. The summed E-state index contributed by atoms with van der Waals surface area (Å²) in [5.41, 5.74) is 7.72. The lowest BCUT2D eigenvalue weighted by molar-refractivity contribution is 0.417. The third kappa shape index (κ3) is 4.85. The van der Waals surface area contributed by atoms with E-state index in [2.05, 4.69) is 15.3 Å². The normalized spacial score (nSPS) is 10.9. The number of anilines is 1. The largest absolute Gasteiger partial charge is 0.495 e. The molecule has 0 saturated carbocycles. The molecule has 0 atom stereocenters. The number of aryl methyl sites for hydroxylation is 2. The van der Waals surface area contributed by atoms with Gasteiger partial charge in [0, 0.05) is 4.88 Å². The fourth-order valence-corrected chi connectivity index (χ4v) is 2.66. The first-order chi connectivity index (χ1) is 9.60. The minimum absolute atomic E-state index is 0. The van der Waals surface area contributed by atoms with Gasteiger partial charge in [-0.2, -0.15) is 0 Å². The molecule has 1 heterocycles. The van der Waals surface area contributed by atoms with Crippen molar-refractivity contribution < 1.29 is 4.74 Å². The van der Waals surface area contributed by atoms with Crippen molar-refractivity contribution >= 4 is 47.0 Å². The van der Waals surface area contributed by atoms with E-state index in [0.29, 0.717) is 12.5 Å². The van der Waals surface area contributed by atoms with Gasteiger partial charge in [0.1, 0.15) is 5.75 Å². The number of rotatable bonds is 4. The molecule has 0 fully saturated rings. The van der Waals surface area contributed by atoms with Crippen LogP contribution in [0.5, 0.6) is 5.75 Å². The maximum atomic E-state index is 5.90. The molecule has 0 bridgehead atoms. The number of nitrogens with zero attached hydrogens (tertiary/aromatic N) is 2. The number of aliphatic imine (C=N–C) groups is 1. The molecule has 2 rings (SSSR count). The molecule has 0 unspecified atom stereocenters. The van der Waals surface area contributed by atoms with Crippen LogP contribution in [0.15, 0.2) is 29.3 Å². The minimum atomic E-state index is 0. The van der Waals surface area contributed by atoms with Crippen molar-refractivity contribution in [3.05, 3.63) is 39.8 Å².